The lowest BCUT2D eigenvalue weighted by molar-refractivity contribution is -0.130. The van der Waals surface area contributed by atoms with E-state index in [1.807, 2.05) is 24.1 Å². The molecule has 0 N–H and O–H groups in total. The van der Waals surface area contributed by atoms with E-state index in [4.69, 9.17) is 0 Å². The molecule has 6 nitrogen and oxygen atoms in total. The number of benzene rings is 1. The molecular formula is C21H29N5O. The quantitative estimate of drug-likeness (QED) is 0.751. The third-order valence-electron chi connectivity index (χ3n) is 5.34. The molecule has 1 aliphatic carbocycles. The lowest BCUT2D eigenvalue weighted by Crippen LogP contribution is -2.39. The molecule has 0 spiro atoms. The summed E-state index contributed by atoms with van der Waals surface area (Å²) >= 11 is 0. The van der Waals surface area contributed by atoms with Crippen molar-refractivity contribution < 1.29 is 4.79 Å². The van der Waals surface area contributed by atoms with Crippen LogP contribution in [0.1, 0.15) is 51.1 Å². The van der Waals surface area contributed by atoms with Gasteiger partial charge in [-0.25, -0.2) is 9.67 Å². The highest BCUT2D eigenvalue weighted by molar-refractivity contribution is 5.80. The predicted molar refractivity (Wildman–Crippen MR) is 106 cm³/mol. The van der Waals surface area contributed by atoms with Gasteiger partial charge in [-0.15, -0.1) is 0 Å². The largest absolute Gasteiger partial charge is 0.316 e. The maximum Gasteiger partial charge on any atom is 0.240 e. The van der Waals surface area contributed by atoms with E-state index in [2.05, 4.69) is 47.0 Å². The fraction of sp³-hybridized carbons (Fsp3) is 0.476. The van der Waals surface area contributed by atoms with Gasteiger partial charge in [0.05, 0.1) is 12.2 Å². The van der Waals surface area contributed by atoms with Gasteiger partial charge in [0, 0.05) is 18.3 Å². The molecular weight excluding hydrogens is 338 g/mol. The Morgan fingerprint density at radius 1 is 1.26 bits per heavy atom. The zero-order chi connectivity index (χ0) is 19.2. The van der Waals surface area contributed by atoms with Gasteiger partial charge < -0.3 is 4.90 Å². The minimum Gasteiger partial charge on any atom is -0.316 e. The summed E-state index contributed by atoms with van der Waals surface area (Å²) < 4.78 is 1.73. The lowest BCUT2D eigenvalue weighted by Gasteiger charge is -2.30. The van der Waals surface area contributed by atoms with E-state index < -0.39 is 0 Å². The van der Waals surface area contributed by atoms with Gasteiger partial charge >= 0.3 is 0 Å². The molecule has 0 saturated carbocycles. The summed E-state index contributed by atoms with van der Waals surface area (Å²) in [6, 6.07) is 8.38. The number of rotatable bonds is 7. The topological polar surface area (TPSA) is 54.3 Å². The Morgan fingerprint density at radius 2 is 2.04 bits per heavy atom. The summed E-state index contributed by atoms with van der Waals surface area (Å²) in [6.07, 6.45) is 9.96. The molecule has 2 aromatic rings. The number of carbonyl (C=O) groups is 1. The first-order chi connectivity index (χ1) is 13.1. The Bertz CT molecular complexity index is 766. The number of nitrogens with zero attached hydrogens (tertiary/aromatic N) is 5. The normalized spacial score (nSPS) is 15.5. The average Bonchev–Trinajstić information content (AvgIpc) is 3.24. The Hall–Kier alpha value is -2.47. The first-order valence-corrected chi connectivity index (χ1v) is 9.74. The summed E-state index contributed by atoms with van der Waals surface area (Å²) in [5.41, 5.74) is 3.35. The molecule has 0 unspecified atom stereocenters. The third kappa shape index (κ3) is 4.63. The van der Waals surface area contributed by atoms with Crippen molar-refractivity contribution >= 4 is 5.91 Å². The molecule has 0 saturated heterocycles. The van der Waals surface area contributed by atoms with E-state index in [1.54, 1.807) is 11.0 Å². The maximum absolute atomic E-state index is 12.9. The van der Waals surface area contributed by atoms with Gasteiger partial charge in [-0.3, -0.25) is 9.69 Å². The number of allylic oxidation sites excluding steroid dienone is 2. The highest BCUT2D eigenvalue weighted by Crippen LogP contribution is 2.23. The zero-order valence-electron chi connectivity index (χ0n) is 16.5. The second-order valence-corrected chi connectivity index (χ2v) is 7.10. The number of hydrogen-bond acceptors (Lipinski definition) is 4. The smallest absolute Gasteiger partial charge is 0.240 e. The molecule has 3 rings (SSSR count). The lowest BCUT2D eigenvalue weighted by atomic mass is 10.0. The highest BCUT2D eigenvalue weighted by Gasteiger charge is 2.21. The van der Waals surface area contributed by atoms with Gasteiger partial charge in [0.25, 0.3) is 0 Å². The van der Waals surface area contributed by atoms with E-state index in [9.17, 15) is 4.79 Å². The molecule has 1 amide bonds. The van der Waals surface area contributed by atoms with Gasteiger partial charge in [0.15, 0.2) is 0 Å². The van der Waals surface area contributed by atoms with Crippen molar-refractivity contribution in [3.63, 3.8) is 0 Å². The molecule has 1 aromatic heterocycles. The van der Waals surface area contributed by atoms with Gasteiger partial charge in [-0.2, -0.15) is 5.10 Å². The van der Waals surface area contributed by atoms with Gasteiger partial charge in [-0.1, -0.05) is 18.2 Å². The van der Waals surface area contributed by atoms with Crippen LogP contribution in [-0.4, -0.2) is 50.6 Å². The first-order valence-electron chi connectivity index (χ1n) is 9.74. The molecule has 0 fully saturated rings. The minimum atomic E-state index is 0.151. The fourth-order valence-corrected chi connectivity index (χ4v) is 3.54. The second kappa shape index (κ2) is 8.95. The van der Waals surface area contributed by atoms with Gasteiger partial charge in [0.2, 0.25) is 5.91 Å². The van der Waals surface area contributed by atoms with Crippen LogP contribution in [0.5, 0.6) is 0 Å². The molecule has 0 aliphatic heterocycles. The van der Waals surface area contributed by atoms with E-state index in [0.717, 1.165) is 25.1 Å². The van der Waals surface area contributed by atoms with Crippen molar-refractivity contribution in [2.45, 2.75) is 45.6 Å². The molecule has 144 valence electrons. The SMILES string of the molecule is CCN(C(=O)CN(C)[C@@H](C)c1ccc(-n2cncn2)cc1)C1=CCCCC1. The van der Waals surface area contributed by atoms with Crippen LogP contribution in [0.25, 0.3) is 5.69 Å². The molecule has 1 aliphatic rings. The van der Waals surface area contributed by atoms with Crippen molar-refractivity contribution in [3.05, 3.63) is 54.3 Å². The molecule has 1 heterocycles. The van der Waals surface area contributed by atoms with Crippen LogP contribution in [0.4, 0.5) is 0 Å². The monoisotopic (exact) mass is 367 g/mol. The summed E-state index contributed by atoms with van der Waals surface area (Å²) in [7, 11) is 2.01. The Morgan fingerprint density at radius 3 is 2.63 bits per heavy atom. The summed E-state index contributed by atoms with van der Waals surface area (Å²) in [5, 5.41) is 4.15. The van der Waals surface area contributed by atoms with Crippen molar-refractivity contribution in [2.75, 3.05) is 20.1 Å². The zero-order valence-corrected chi connectivity index (χ0v) is 16.5. The Balaban J connectivity index is 1.63. The van der Waals surface area contributed by atoms with Gasteiger partial charge in [-0.05, 0) is 64.3 Å². The summed E-state index contributed by atoms with van der Waals surface area (Å²) in [5.74, 6) is 0.180. The number of carbonyl (C=O) groups excluding carboxylic acids is 1. The number of amides is 1. The fourth-order valence-electron chi connectivity index (χ4n) is 3.54. The maximum atomic E-state index is 12.9. The summed E-state index contributed by atoms with van der Waals surface area (Å²) in [4.78, 5) is 20.9. The van der Waals surface area contributed by atoms with E-state index in [0.29, 0.717) is 6.54 Å². The standard InChI is InChI=1S/C21H29N5O/c1-4-25(19-8-6-5-7-9-19)21(27)14-24(3)17(2)18-10-12-20(13-11-18)26-16-22-15-23-26/h8,10-13,15-17H,4-7,9,14H2,1-3H3/t17-/m0/s1. The second-order valence-electron chi connectivity index (χ2n) is 7.10. The molecule has 6 heteroatoms. The van der Waals surface area contributed by atoms with Crippen molar-refractivity contribution in [3.8, 4) is 5.69 Å². The van der Waals surface area contributed by atoms with Crippen LogP contribution in [0.3, 0.4) is 0 Å². The number of aromatic nitrogens is 3. The minimum absolute atomic E-state index is 0.151. The van der Waals surface area contributed by atoms with E-state index >= 15 is 0 Å². The highest BCUT2D eigenvalue weighted by atomic mass is 16.2. The molecule has 0 radical (unpaired) electrons. The van der Waals surface area contributed by atoms with E-state index in [1.165, 1.54) is 30.4 Å². The first kappa shape index (κ1) is 19.3. The summed E-state index contributed by atoms with van der Waals surface area (Å²) in [6.45, 7) is 5.34. The van der Waals surface area contributed by atoms with Gasteiger partial charge in [0.1, 0.15) is 12.7 Å². The van der Waals surface area contributed by atoms with Crippen LogP contribution < -0.4 is 0 Å². The number of likely N-dealkylation sites (N-methyl/N-ethyl adjacent to an activating group) is 2. The Kier molecular flexibility index (Phi) is 6.40. The Labute approximate surface area is 161 Å². The average molecular weight is 367 g/mol. The van der Waals surface area contributed by atoms with Crippen molar-refractivity contribution in [1.82, 2.24) is 24.6 Å². The third-order valence-corrected chi connectivity index (χ3v) is 5.34. The van der Waals surface area contributed by atoms with Crippen LogP contribution in [-0.2, 0) is 4.79 Å². The molecule has 0 bridgehead atoms. The van der Waals surface area contributed by atoms with Crippen LogP contribution >= 0.6 is 0 Å². The predicted octanol–water partition coefficient (Wildman–Crippen LogP) is 3.57. The van der Waals surface area contributed by atoms with Crippen molar-refractivity contribution in [2.24, 2.45) is 0 Å². The number of hydrogen-bond donors (Lipinski definition) is 0. The van der Waals surface area contributed by atoms with E-state index in [-0.39, 0.29) is 11.9 Å². The van der Waals surface area contributed by atoms with Crippen LogP contribution in [0.2, 0.25) is 0 Å². The molecule has 27 heavy (non-hydrogen) atoms. The van der Waals surface area contributed by atoms with Crippen molar-refractivity contribution in [1.29, 1.82) is 0 Å². The van der Waals surface area contributed by atoms with Crippen LogP contribution in [0, 0.1) is 0 Å². The van der Waals surface area contributed by atoms with Crippen LogP contribution in [0.15, 0.2) is 48.7 Å². The molecule has 1 atom stereocenters. The molecule has 1 aromatic carbocycles.